The fourth-order valence-corrected chi connectivity index (χ4v) is 4.62. The molecule has 1 saturated heterocycles. The van der Waals surface area contributed by atoms with Gasteiger partial charge in [0.2, 0.25) is 10.0 Å². The van der Waals surface area contributed by atoms with Gasteiger partial charge in [0.15, 0.2) is 0 Å². The minimum absolute atomic E-state index is 0.0829. The Morgan fingerprint density at radius 3 is 2.38 bits per heavy atom. The smallest absolute Gasteiger partial charge is 0.265 e. The van der Waals surface area contributed by atoms with Crippen LogP contribution in [0.3, 0.4) is 0 Å². The Morgan fingerprint density at radius 2 is 1.81 bits per heavy atom. The molecular formula is C17H22N4O4S. The monoisotopic (exact) mass is 378 g/mol. The molecule has 2 N–H and O–H groups in total. The highest BCUT2D eigenvalue weighted by Crippen LogP contribution is 2.29. The Hall–Kier alpha value is -2.52. The van der Waals surface area contributed by atoms with Crippen molar-refractivity contribution in [1.29, 1.82) is 0 Å². The number of piperazine rings is 1. The first-order valence-corrected chi connectivity index (χ1v) is 9.63. The molecule has 1 amide bonds. The lowest BCUT2D eigenvalue weighted by Crippen LogP contribution is -2.48. The molecule has 140 valence electrons. The number of aryl methyl sites for hydroxylation is 1. The zero-order chi connectivity index (χ0) is 18.9. The maximum absolute atomic E-state index is 12.9. The lowest BCUT2D eigenvalue weighted by molar-refractivity contribution is 0.0992. The normalized spacial score (nSPS) is 15.8. The van der Waals surface area contributed by atoms with Gasteiger partial charge < -0.3 is 19.9 Å². The van der Waals surface area contributed by atoms with Crippen molar-refractivity contribution in [2.24, 2.45) is 12.8 Å². The molecule has 0 aliphatic carbocycles. The van der Waals surface area contributed by atoms with Crippen molar-refractivity contribution >= 4 is 21.6 Å². The Bertz CT molecular complexity index is 915. The molecule has 1 aromatic heterocycles. The molecule has 8 nitrogen and oxygen atoms in total. The third-order valence-corrected chi connectivity index (χ3v) is 6.40. The van der Waals surface area contributed by atoms with E-state index >= 15 is 0 Å². The van der Waals surface area contributed by atoms with Gasteiger partial charge in [0.05, 0.1) is 12.8 Å². The molecule has 1 aromatic carbocycles. The van der Waals surface area contributed by atoms with Gasteiger partial charge in [-0.25, -0.2) is 8.42 Å². The van der Waals surface area contributed by atoms with E-state index in [1.165, 1.54) is 21.1 Å². The quantitative estimate of drug-likeness (QED) is 0.824. The number of rotatable bonds is 5. The van der Waals surface area contributed by atoms with E-state index in [0.29, 0.717) is 26.2 Å². The highest BCUT2D eigenvalue weighted by atomic mass is 32.2. The van der Waals surface area contributed by atoms with Crippen LogP contribution in [-0.4, -0.2) is 56.5 Å². The van der Waals surface area contributed by atoms with Gasteiger partial charge in [-0.1, -0.05) is 12.1 Å². The molecule has 2 heterocycles. The number of para-hydroxylation sites is 2. The van der Waals surface area contributed by atoms with E-state index in [2.05, 4.69) is 4.90 Å². The first-order valence-electron chi connectivity index (χ1n) is 8.19. The highest BCUT2D eigenvalue weighted by molar-refractivity contribution is 7.89. The van der Waals surface area contributed by atoms with Gasteiger partial charge >= 0.3 is 0 Å². The fraction of sp³-hybridized carbons (Fsp3) is 0.353. The van der Waals surface area contributed by atoms with Gasteiger partial charge in [-0.3, -0.25) is 4.79 Å². The zero-order valence-corrected chi connectivity index (χ0v) is 15.6. The number of methoxy groups -OCH3 is 1. The van der Waals surface area contributed by atoms with Gasteiger partial charge in [0.1, 0.15) is 16.3 Å². The summed E-state index contributed by atoms with van der Waals surface area (Å²) in [5, 5.41) is 0. The van der Waals surface area contributed by atoms with Crippen molar-refractivity contribution in [3.8, 4) is 5.75 Å². The molecule has 9 heteroatoms. The first kappa shape index (κ1) is 18.3. The van der Waals surface area contributed by atoms with E-state index < -0.39 is 15.9 Å². The molecule has 0 radical (unpaired) electrons. The number of nitrogens with zero attached hydrogens (tertiary/aromatic N) is 3. The third-order valence-electron chi connectivity index (χ3n) is 4.53. The van der Waals surface area contributed by atoms with Crippen molar-refractivity contribution in [3.63, 3.8) is 0 Å². The second kappa shape index (κ2) is 7.00. The maximum Gasteiger partial charge on any atom is 0.265 e. The molecule has 0 atom stereocenters. The van der Waals surface area contributed by atoms with E-state index in [1.54, 1.807) is 14.2 Å². The Kier molecular flexibility index (Phi) is 4.92. The van der Waals surface area contributed by atoms with Crippen LogP contribution in [0.15, 0.2) is 41.4 Å². The van der Waals surface area contributed by atoms with Gasteiger partial charge in [0.25, 0.3) is 5.91 Å². The Morgan fingerprint density at radius 1 is 1.15 bits per heavy atom. The van der Waals surface area contributed by atoms with Crippen LogP contribution >= 0.6 is 0 Å². The van der Waals surface area contributed by atoms with E-state index in [1.807, 2.05) is 24.3 Å². The summed E-state index contributed by atoms with van der Waals surface area (Å²) in [4.78, 5) is 13.6. The molecular weight excluding hydrogens is 356 g/mol. The molecule has 0 bridgehead atoms. The van der Waals surface area contributed by atoms with Crippen molar-refractivity contribution in [2.45, 2.75) is 4.90 Å². The van der Waals surface area contributed by atoms with E-state index in [-0.39, 0.29) is 10.6 Å². The minimum atomic E-state index is -3.67. The number of aromatic nitrogens is 1. The lowest BCUT2D eigenvalue weighted by Gasteiger charge is -2.35. The number of benzene rings is 1. The third kappa shape index (κ3) is 3.27. The van der Waals surface area contributed by atoms with Crippen molar-refractivity contribution < 1.29 is 17.9 Å². The van der Waals surface area contributed by atoms with E-state index in [9.17, 15) is 13.2 Å². The van der Waals surface area contributed by atoms with Crippen LogP contribution in [0.25, 0.3) is 0 Å². The molecule has 3 rings (SSSR count). The molecule has 1 aliphatic heterocycles. The van der Waals surface area contributed by atoms with Gasteiger partial charge in [0, 0.05) is 39.4 Å². The van der Waals surface area contributed by atoms with Gasteiger partial charge in [-0.15, -0.1) is 0 Å². The van der Waals surface area contributed by atoms with Gasteiger partial charge in [-0.05, 0) is 18.2 Å². The molecule has 0 unspecified atom stereocenters. The Balaban J connectivity index is 1.77. The van der Waals surface area contributed by atoms with Crippen LogP contribution in [0.1, 0.15) is 10.5 Å². The number of carbonyl (C=O) groups excluding carboxylic acids is 1. The van der Waals surface area contributed by atoms with Crippen LogP contribution in [-0.2, 0) is 17.1 Å². The maximum atomic E-state index is 12.9. The highest BCUT2D eigenvalue weighted by Gasteiger charge is 2.30. The van der Waals surface area contributed by atoms with Crippen LogP contribution < -0.4 is 15.4 Å². The SMILES string of the molecule is COc1ccccc1N1CCN(S(=O)(=O)c2cc(C(N)=O)n(C)c2)CC1. The average molecular weight is 378 g/mol. The number of primary amides is 1. The van der Waals surface area contributed by atoms with Crippen molar-refractivity contribution in [2.75, 3.05) is 38.2 Å². The summed E-state index contributed by atoms with van der Waals surface area (Å²) in [7, 11) is -0.459. The van der Waals surface area contributed by atoms with Crippen LogP contribution in [0.2, 0.25) is 0 Å². The number of ether oxygens (including phenoxy) is 1. The number of hydrogen-bond donors (Lipinski definition) is 1. The fourth-order valence-electron chi connectivity index (χ4n) is 3.13. The number of carbonyl (C=O) groups is 1. The molecule has 0 spiro atoms. The molecule has 1 fully saturated rings. The zero-order valence-electron chi connectivity index (χ0n) is 14.8. The lowest BCUT2D eigenvalue weighted by atomic mass is 10.2. The molecule has 2 aromatic rings. The topological polar surface area (TPSA) is 97.9 Å². The number of anilines is 1. The van der Waals surface area contributed by atoms with Crippen LogP contribution in [0.5, 0.6) is 5.75 Å². The number of nitrogens with two attached hydrogens (primary N) is 1. The summed E-state index contributed by atoms with van der Waals surface area (Å²) < 4.78 is 34.0. The standard InChI is InChI=1S/C17H22N4O4S/c1-19-12-13(11-15(19)17(18)22)26(23,24)21-9-7-20(8-10-21)14-5-3-4-6-16(14)25-2/h3-6,11-12H,7-10H2,1-2H3,(H2,18,22). The summed E-state index contributed by atoms with van der Waals surface area (Å²) in [6.07, 6.45) is 1.42. The molecule has 1 aliphatic rings. The molecule has 0 saturated carbocycles. The Labute approximate surface area is 152 Å². The van der Waals surface area contributed by atoms with Crippen LogP contribution in [0.4, 0.5) is 5.69 Å². The summed E-state index contributed by atoms with van der Waals surface area (Å²) in [5.74, 6) is 0.105. The summed E-state index contributed by atoms with van der Waals surface area (Å²) >= 11 is 0. The summed E-state index contributed by atoms with van der Waals surface area (Å²) in [5.41, 5.74) is 6.38. The second-order valence-electron chi connectivity index (χ2n) is 6.10. The van der Waals surface area contributed by atoms with Crippen molar-refractivity contribution in [1.82, 2.24) is 8.87 Å². The van der Waals surface area contributed by atoms with E-state index in [4.69, 9.17) is 10.5 Å². The first-order chi connectivity index (χ1) is 12.3. The van der Waals surface area contributed by atoms with Crippen molar-refractivity contribution in [3.05, 3.63) is 42.2 Å². The number of sulfonamides is 1. The molecule has 26 heavy (non-hydrogen) atoms. The predicted molar refractivity (Wildman–Crippen MR) is 97.9 cm³/mol. The van der Waals surface area contributed by atoms with E-state index in [0.717, 1.165) is 11.4 Å². The summed E-state index contributed by atoms with van der Waals surface area (Å²) in [6, 6.07) is 8.99. The second-order valence-corrected chi connectivity index (χ2v) is 8.04. The number of hydrogen-bond acceptors (Lipinski definition) is 5. The van der Waals surface area contributed by atoms with Gasteiger partial charge in [-0.2, -0.15) is 4.31 Å². The van der Waals surface area contributed by atoms with Crippen LogP contribution in [0, 0.1) is 0 Å². The minimum Gasteiger partial charge on any atom is -0.495 e. The average Bonchev–Trinajstić information content (AvgIpc) is 3.04. The predicted octanol–water partition coefficient (Wildman–Crippen LogP) is 0.643. The largest absolute Gasteiger partial charge is 0.495 e. The number of amides is 1. The summed E-state index contributed by atoms with van der Waals surface area (Å²) in [6.45, 7) is 1.80.